The first-order valence-corrected chi connectivity index (χ1v) is 10.8. The summed E-state index contributed by atoms with van der Waals surface area (Å²) in [4.78, 5) is 8.49. The van der Waals surface area contributed by atoms with E-state index < -0.39 is 11.6 Å². The third kappa shape index (κ3) is 4.28. The van der Waals surface area contributed by atoms with E-state index >= 15 is 0 Å². The van der Waals surface area contributed by atoms with E-state index in [2.05, 4.69) is 30.6 Å². The lowest BCUT2D eigenvalue weighted by Gasteiger charge is -2.11. The number of nitrogens with zero attached hydrogens (tertiary/aromatic N) is 5. The van der Waals surface area contributed by atoms with Gasteiger partial charge in [0.25, 0.3) is 0 Å². The van der Waals surface area contributed by atoms with E-state index in [-0.39, 0.29) is 17.9 Å². The highest BCUT2D eigenvalue weighted by Crippen LogP contribution is 2.43. The maximum absolute atomic E-state index is 14.7. The van der Waals surface area contributed by atoms with E-state index in [0.717, 1.165) is 29.8 Å². The van der Waals surface area contributed by atoms with Crippen molar-refractivity contribution in [1.29, 1.82) is 0 Å². The topological polar surface area (TPSA) is 93.5 Å². The van der Waals surface area contributed by atoms with E-state index in [4.69, 9.17) is 4.74 Å². The van der Waals surface area contributed by atoms with Gasteiger partial charge in [-0.1, -0.05) is 0 Å². The van der Waals surface area contributed by atoms with Gasteiger partial charge in [-0.25, -0.2) is 13.9 Å². The zero-order valence-corrected chi connectivity index (χ0v) is 18.3. The molecule has 1 saturated carbocycles. The Labute approximate surface area is 189 Å². The summed E-state index contributed by atoms with van der Waals surface area (Å²) in [5.74, 6) is 0.0479. The Bertz CT molecular complexity index is 1260. The lowest BCUT2D eigenvalue weighted by Crippen LogP contribution is -2.10. The summed E-state index contributed by atoms with van der Waals surface area (Å²) < 4.78 is 36.3. The van der Waals surface area contributed by atoms with Crippen LogP contribution in [0.15, 0.2) is 36.7 Å². The summed E-state index contributed by atoms with van der Waals surface area (Å²) in [6, 6.07) is 6.05. The van der Waals surface area contributed by atoms with Crippen molar-refractivity contribution >= 4 is 11.6 Å². The van der Waals surface area contributed by atoms with Crippen LogP contribution < -0.4 is 10.1 Å². The molecule has 1 aliphatic carbocycles. The Morgan fingerprint density at radius 1 is 1.18 bits per heavy atom. The van der Waals surface area contributed by atoms with Crippen LogP contribution in [0.4, 0.5) is 20.4 Å². The molecule has 0 atom stereocenters. The van der Waals surface area contributed by atoms with Crippen molar-refractivity contribution in [2.24, 2.45) is 0 Å². The van der Waals surface area contributed by atoms with Gasteiger partial charge in [0.05, 0.1) is 13.2 Å². The largest absolute Gasteiger partial charge is 0.494 e. The summed E-state index contributed by atoms with van der Waals surface area (Å²) in [5.41, 5.74) is 3.23. The van der Waals surface area contributed by atoms with Gasteiger partial charge in [-0.2, -0.15) is 15.2 Å². The van der Waals surface area contributed by atoms with Crippen LogP contribution in [0.1, 0.15) is 42.5 Å². The van der Waals surface area contributed by atoms with Crippen LogP contribution >= 0.6 is 0 Å². The zero-order valence-electron chi connectivity index (χ0n) is 18.3. The first kappa shape index (κ1) is 21.0. The number of halogens is 2. The van der Waals surface area contributed by atoms with E-state index in [1.807, 2.05) is 19.1 Å². The standard InChI is InChI=1S/C23H23F2N7O/c1-3-33-16-10-18(24)17(19(25)11-16)12-32-21(14-4-5-14)13(2)20(31-32)22-28-23(30-29-22)27-15-6-8-26-9-7-15/h6-11,14H,3-5,12H2,1-2H3,(H2,26,27,28,29,30). The molecule has 4 aromatic rings. The van der Waals surface area contributed by atoms with Gasteiger partial charge in [0.2, 0.25) is 11.8 Å². The smallest absolute Gasteiger partial charge is 0.223 e. The number of hydrogen-bond acceptors (Lipinski definition) is 6. The van der Waals surface area contributed by atoms with Crippen LogP contribution in [0, 0.1) is 18.6 Å². The van der Waals surface area contributed by atoms with Crippen LogP contribution in [0.2, 0.25) is 0 Å². The molecule has 0 unspecified atom stereocenters. The average Bonchev–Trinajstić information content (AvgIpc) is 3.43. The van der Waals surface area contributed by atoms with E-state index in [1.165, 1.54) is 12.1 Å². The van der Waals surface area contributed by atoms with Gasteiger partial charge >= 0.3 is 0 Å². The van der Waals surface area contributed by atoms with E-state index in [1.54, 1.807) is 24.0 Å². The first-order chi connectivity index (χ1) is 16.0. The number of aromatic nitrogens is 6. The third-order valence-corrected chi connectivity index (χ3v) is 5.58. The predicted octanol–water partition coefficient (Wildman–Crippen LogP) is 4.72. The Morgan fingerprint density at radius 3 is 2.58 bits per heavy atom. The molecule has 0 bridgehead atoms. The molecule has 0 saturated heterocycles. The summed E-state index contributed by atoms with van der Waals surface area (Å²) in [6.07, 6.45) is 5.38. The second-order valence-electron chi connectivity index (χ2n) is 7.96. The summed E-state index contributed by atoms with van der Waals surface area (Å²) >= 11 is 0. The molecule has 2 N–H and O–H groups in total. The number of aromatic amines is 1. The third-order valence-electron chi connectivity index (χ3n) is 5.58. The molecule has 3 heterocycles. The molecule has 33 heavy (non-hydrogen) atoms. The highest BCUT2D eigenvalue weighted by Gasteiger charge is 2.32. The molecule has 5 rings (SSSR count). The number of hydrogen-bond donors (Lipinski definition) is 2. The predicted molar refractivity (Wildman–Crippen MR) is 118 cm³/mol. The van der Waals surface area contributed by atoms with Crippen LogP contribution in [-0.2, 0) is 6.54 Å². The van der Waals surface area contributed by atoms with E-state index in [9.17, 15) is 8.78 Å². The SMILES string of the molecule is CCOc1cc(F)c(Cn2nc(-c3n[nH]c(Nc4ccncc4)n3)c(C)c2C2CC2)c(F)c1. The molecule has 0 amide bonds. The van der Waals surface area contributed by atoms with Crippen molar-refractivity contribution in [2.75, 3.05) is 11.9 Å². The van der Waals surface area contributed by atoms with Crippen LogP contribution in [0.25, 0.3) is 11.5 Å². The second-order valence-corrected chi connectivity index (χ2v) is 7.96. The highest BCUT2D eigenvalue weighted by molar-refractivity contribution is 5.60. The minimum Gasteiger partial charge on any atom is -0.494 e. The number of nitrogens with one attached hydrogen (secondary N) is 2. The molecule has 0 spiro atoms. The molecule has 1 fully saturated rings. The monoisotopic (exact) mass is 451 g/mol. The molecule has 3 aromatic heterocycles. The van der Waals surface area contributed by atoms with Crippen molar-refractivity contribution in [3.63, 3.8) is 0 Å². The van der Waals surface area contributed by atoms with Crippen LogP contribution in [0.5, 0.6) is 5.75 Å². The fourth-order valence-electron chi connectivity index (χ4n) is 3.90. The molecule has 8 nitrogen and oxygen atoms in total. The number of pyridine rings is 1. The number of benzene rings is 1. The van der Waals surface area contributed by atoms with Crippen molar-refractivity contribution in [3.8, 4) is 17.3 Å². The lowest BCUT2D eigenvalue weighted by atomic mass is 10.1. The van der Waals surface area contributed by atoms with Gasteiger partial charge in [-0.15, -0.1) is 0 Å². The molecule has 1 aromatic carbocycles. The summed E-state index contributed by atoms with van der Waals surface area (Å²) in [7, 11) is 0. The summed E-state index contributed by atoms with van der Waals surface area (Å²) in [6.45, 7) is 4.02. The quantitative estimate of drug-likeness (QED) is 0.403. The second kappa shape index (κ2) is 8.61. The Morgan fingerprint density at radius 2 is 1.91 bits per heavy atom. The fourth-order valence-corrected chi connectivity index (χ4v) is 3.90. The number of anilines is 2. The average molecular weight is 451 g/mol. The van der Waals surface area contributed by atoms with Crippen molar-refractivity contribution in [1.82, 2.24) is 29.9 Å². The molecule has 170 valence electrons. The number of rotatable bonds is 8. The highest BCUT2D eigenvalue weighted by atomic mass is 19.1. The first-order valence-electron chi connectivity index (χ1n) is 10.8. The van der Waals surface area contributed by atoms with Crippen molar-refractivity contribution < 1.29 is 13.5 Å². The van der Waals surface area contributed by atoms with E-state index in [0.29, 0.717) is 30.0 Å². The molecular formula is C23H23F2N7O. The Kier molecular flexibility index (Phi) is 5.49. The van der Waals surface area contributed by atoms with Gasteiger partial charge in [0, 0.05) is 53.0 Å². The van der Waals surface area contributed by atoms with Gasteiger partial charge < -0.3 is 10.1 Å². The van der Waals surface area contributed by atoms with Crippen molar-refractivity contribution in [2.45, 2.75) is 39.2 Å². The lowest BCUT2D eigenvalue weighted by molar-refractivity contribution is 0.335. The maximum Gasteiger partial charge on any atom is 0.223 e. The normalized spacial score (nSPS) is 13.3. The minimum absolute atomic E-state index is 0.0245. The zero-order chi connectivity index (χ0) is 22.9. The van der Waals surface area contributed by atoms with Gasteiger partial charge in [0.15, 0.2) is 0 Å². The van der Waals surface area contributed by atoms with Crippen LogP contribution in [-0.4, -0.2) is 36.6 Å². The van der Waals surface area contributed by atoms with Crippen LogP contribution in [0.3, 0.4) is 0 Å². The minimum atomic E-state index is -0.656. The maximum atomic E-state index is 14.7. The number of H-pyrrole nitrogens is 1. The van der Waals surface area contributed by atoms with Gasteiger partial charge in [0.1, 0.15) is 23.1 Å². The number of ether oxygens (including phenoxy) is 1. The van der Waals surface area contributed by atoms with Gasteiger partial charge in [-0.05, 0) is 38.8 Å². The summed E-state index contributed by atoms with van der Waals surface area (Å²) in [5, 5.41) is 15.0. The Hall–Kier alpha value is -3.82. The van der Waals surface area contributed by atoms with Gasteiger partial charge in [-0.3, -0.25) is 9.67 Å². The molecule has 1 aliphatic rings. The Balaban J connectivity index is 1.46. The molecule has 10 heteroatoms. The van der Waals surface area contributed by atoms with Crippen molar-refractivity contribution in [3.05, 3.63) is 65.1 Å². The fraction of sp³-hybridized carbons (Fsp3) is 0.304. The molecule has 0 radical (unpaired) electrons. The molecule has 0 aliphatic heterocycles. The molecular weight excluding hydrogens is 428 g/mol.